The van der Waals surface area contributed by atoms with Crippen LogP contribution in [0.15, 0.2) is 114 Å². The molecule has 324 valence electrons. The van der Waals surface area contributed by atoms with Gasteiger partial charge in [-0.3, -0.25) is 4.79 Å². The van der Waals surface area contributed by atoms with Gasteiger partial charge in [0.05, 0.1) is 35.4 Å². The Hall–Kier alpha value is -3.45. The maximum atomic E-state index is 14.2. The summed E-state index contributed by atoms with van der Waals surface area (Å²) in [5.74, 6) is -0.422. The topological polar surface area (TPSA) is 77.9 Å². The van der Waals surface area contributed by atoms with Gasteiger partial charge in [0.15, 0.2) is 8.32 Å². The van der Waals surface area contributed by atoms with E-state index in [4.69, 9.17) is 13.6 Å². The van der Waals surface area contributed by atoms with Crippen LogP contribution in [0.1, 0.15) is 105 Å². The second-order valence-corrected chi connectivity index (χ2v) is 28.5. The lowest BCUT2D eigenvalue weighted by Gasteiger charge is -2.51. The number of carbonyl (C=O) groups is 1. The maximum Gasteiger partial charge on any atom is 0.309 e. The van der Waals surface area contributed by atoms with E-state index in [0.717, 1.165) is 51.1 Å². The van der Waals surface area contributed by atoms with E-state index in [2.05, 4.69) is 171 Å². The number of allylic oxidation sites excluding steroid dienone is 1. The van der Waals surface area contributed by atoms with Crippen LogP contribution >= 0.6 is 11.3 Å². The normalized spacial score (nSPS) is 25.2. The first-order valence-corrected chi connectivity index (χ1v) is 27.6. The van der Waals surface area contributed by atoms with E-state index in [0.29, 0.717) is 6.42 Å². The molecular weight excluding hydrogens is 795 g/mol. The van der Waals surface area contributed by atoms with E-state index in [-0.39, 0.29) is 29.4 Å². The fourth-order valence-corrected chi connectivity index (χ4v) is 14.8. The number of hydrogen-bond acceptors (Lipinski definition) is 7. The minimum Gasteiger partial charge on any atom is -0.457 e. The van der Waals surface area contributed by atoms with Crippen molar-refractivity contribution < 1.29 is 23.5 Å². The summed E-state index contributed by atoms with van der Waals surface area (Å²) < 4.78 is 22.0. The quantitative estimate of drug-likeness (QED) is 0.0782. The highest BCUT2D eigenvalue weighted by Crippen LogP contribution is 2.44. The van der Waals surface area contributed by atoms with Gasteiger partial charge in [0, 0.05) is 23.1 Å². The highest BCUT2D eigenvalue weighted by Gasteiger charge is 2.53. The van der Waals surface area contributed by atoms with Gasteiger partial charge in [-0.2, -0.15) is 0 Å². The van der Waals surface area contributed by atoms with Crippen molar-refractivity contribution >= 4 is 55.6 Å². The largest absolute Gasteiger partial charge is 0.457 e. The van der Waals surface area contributed by atoms with Crippen molar-refractivity contribution in [3.05, 3.63) is 124 Å². The number of aliphatic hydroxyl groups is 1. The lowest BCUT2D eigenvalue weighted by molar-refractivity contribution is -0.154. The highest BCUT2D eigenvalue weighted by atomic mass is 32.1. The smallest absolute Gasteiger partial charge is 0.309 e. The summed E-state index contributed by atoms with van der Waals surface area (Å²) in [4.78, 5) is 18.8. The van der Waals surface area contributed by atoms with E-state index in [1.54, 1.807) is 11.3 Å². The van der Waals surface area contributed by atoms with Crippen LogP contribution in [0.25, 0.3) is 6.08 Å². The molecule has 5 rings (SSSR count). The molecule has 60 heavy (non-hydrogen) atoms. The van der Waals surface area contributed by atoms with Crippen LogP contribution in [-0.2, 0) is 18.4 Å². The highest BCUT2D eigenvalue weighted by molar-refractivity contribution is 7.09. The van der Waals surface area contributed by atoms with Crippen LogP contribution in [0.3, 0.4) is 0 Å². The molecule has 0 bridgehead atoms. The average molecular weight is 866 g/mol. The lowest BCUT2D eigenvalue weighted by atomic mass is 9.71. The molecule has 9 heteroatoms. The molecule has 0 unspecified atom stereocenters. The number of aromatic nitrogens is 1. The number of nitrogens with zero attached hydrogens (tertiary/aromatic N) is 1. The van der Waals surface area contributed by atoms with Crippen molar-refractivity contribution in [2.45, 2.75) is 144 Å². The maximum absolute atomic E-state index is 14.2. The third-order valence-corrected chi connectivity index (χ3v) is 22.6. The predicted octanol–water partition coefficient (Wildman–Crippen LogP) is 10.8. The number of cyclic esters (lactones) is 1. The zero-order valence-electron chi connectivity index (χ0n) is 38.3. The van der Waals surface area contributed by atoms with Crippen LogP contribution in [0.5, 0.6) is 0 Å². The number of thiazole rings is 1. The van der Waals surface area contributed by atoms with Crippen LogP contribution in [0, 0.1) is 24.2 Å². The average Bonchev–Trinajstić information content (AvgIpc) is 3.62. The van der Waals surface area contributed by atoms with Crippen molar-refractivity contribution in [2.75, 3.05) is 0 Å². The number of aliphatic hydroxyl groups excluding tert-OH is 1. The first-order valence-electron chi connectivity index (χ1n) is 21.9. The molecule has 0 radical (unpaired) electrons. The van der Waals surface area contributed by atoms with Gasteiger partial charge in [0.1, 0.15) is 6.10 Å². The number of benzene rings is 3. The number of esters is 1. The van der Waals surface area contributed by atoms with Gasteiger partial charge >= 0.3 is 5.97 Å². The minimum absolute atomic E-state index is 0.0196. The van der Waals surface area contributed by atoms with Gasteiger partial charge in [-0.15, -0.1) is 11.3 Å². The lowest BCUT2D eigenvalue weighted by Crippen LogP contribution is -2.72. The molecule has 0 fully saturated rings. The molecule has 1 aliphatic heterocycles. The Kier molecular flexibility index (Phi) is 16.0. The van der Waals surface area contributed by atoms with Gasteiger partial charge in [-0.25, -0.2) is 4.98 Å². The number of carbonyl (C=O) groups excluding carboxylic acids is 1. The summed E-state index contributed by atoms with van der Waals surface area (Å²) in [6.07, 6.45) is 5.22. The summed E-state index contributed by atoms with van der Waals surface area (Å²) in [7, 11) is -5.63. The minimum atomic E-state index is -3.32. The molecule has 1 N–H and O–H groups in total. The summed E-state index contributed by atoms with van der Waals surface area (Å²) in [6, 6.07) is 31.9. The summed E-state index contributed by atoms with van der Waals surface area (Å²) in [5.41, 5.74) is 2.12. The zero-order valence-corrected chi connectivity index (χ0v) is 41.1. The fourth-order valence-electron chi connectivity index (χ4n) is 8.48. The number of rotatable bonds is 9. The molecule has 0 amide bonds. The SMILES string of the molecule is C/C1=C/C[C@@H](/C(C)=C/c2csc(C)n2)OC(=O)C[C@H](O)C(C)(C)[C@@H](O[Si](c2ccccc2)(c2ccccc2)c2ccccc2)[C@H](C)[C@@H](O[Si](C)(C)C(C)(C)C)[C@@H](C)CCC1. The Morgan fingerprint density at radius 1 is 0.900 bits per heavy atom. The Labute approximate surface area is 367 Å². The van der Waals surface area contributed by atoms with E-state index < -0.39 is 46.3 Å². The Balaban J connectivity index is 1.70. The van der Waals surface area contributed by atoms with Gasteiger partial charge in [0.25, 0.3) is 8.32 Å². The molecule has 0 saturated heterocycles. The molecule has 6 nitrogen and oxygen atoms in total. The predicted molar refractivity (Wildman–Crippen MR) is 256 cm³/mol. The van der Waals surface area contributed by atoms with E-state index in [1.165, 1.54) is 5.57 Å². The van der Waals surface area contributed by atoms with Gasteiger partial charge < -0.3 is 18.7 Å². The van der Waals surface area contributed by atoms with E-state index >= 15 is 0 Å². The number of ether oxygens (including phenoxy) is 1. The molecule has 6 atom stereocenters. The van der Waals surface area contributed by atoms with Gasteiger partial charge in [0.2, 0.25) is 0 Å². The van der Waals surface area contributed by atoms with Crippen LogP contribution in [0.4, 0.5) is 0 Å². The Morgan fingerprint density at radius 3 is 1.92 bits per heavy atom. The molecule has 2 heterocycles. The molecule has 1 aliphatic rings. The standard InChI is InChI=1S/C51H71NO5SSi2/c1-36-23-22-24-37(2)48(56-59(11,12)50(6,7)8)39(4)49(51(9,10)46(53)34-47(54)55-45(32-31-36)38(3)33-41-35-58-40(5)52-41)57-60(42-25-16-13-17-26-42,43-27-18-14-19-28-43)44-29-20-15-21-30-44/h13-21,25-31,33,35,37,39,45-46,48-49,53H,22-24,32,34H2,1-12H3/b36-31-,38-33+/t37-,39+,45-,46-,48-,49-/m0/s1. The van der Waals surface area contributed by atoms with E-state index in [1.807, 2.05) is 25.3 Å². The first kappa shape index (κ1) is 47.6. The molecule has 1 aromatic heterocycles. The first-order chi connectivity index (χ1) is 28.3. The van der Waals surface area contributed by atoms with E-state index in [9.17, 15) is 9.90 Å². The monoisotopic (exact) mass is 865 g/mol. The third kappa shape index (κ3) is 11.3. The third-order valence-electron chi connectivity index (χ3n) is 13.3. The van der Waals surface area contributed by atoms with Crippen LogP contribution < -0.4 is 15.6 Å². The van der Waals surface area contributed by atoms with Gasteiger partial charge in [-0.1, -0.05) is 151 Å². The summed E-state index contributed by atoms with van der Waals surface area (Å²) in [5, 5.41) is 18.9. The Morgan fingerprint density at radius 2 is 1.43 bits per heavy atom. The summed E-state index contributed by atoms with van der Waals surface area (Å²) >= 11 is 1.60. The van der Waals surface area contributed by atoms with Crippen molar-refractivity contribution in [3.8, 4) is 0 Å². The molecular formula is C51H71NO5SSi2. The van der Waals surface area contributed by atoms with Gasteiger partial charge in [-0.05, 0) is 91.3 Å². The number of hydrogen-bond donors (Lipinski definition) is 1. The van der Waals surface area contributed by atoms with Crippen LogP contribution in [-0.4, -0.2) is 57.1 Å². The van der Waals surface area contributed by atoms with Crippen molar-refractivity contribution in [1.82, 2.24) is 4.98 Å². The molecule has 4 aromatic rings. The zero-order chi connectivity index (χ0) is 43.9. The summed E-state index contributed by atoms with van der Waals surface area (Å²) in [6.45, 7) is 26.5. The fraction of sp³-hybridized carbons (Fsp3) is 0.490. The second kappa shape index (κ2) is 20.2. The molecule has 0 spiro atoms. The molecule has 0 saturated carbocycles. The second-order valence-electron chi connectivity index (χ2n) is 19.4. The number of aryl methyl sites for hydroxylation is 1. The van der Waals surface area contributed by atoms with Crippen molar-refractivity contribution in [2.24, 2.45) is 17.3 Å². The Bertz CT molecular complexity index is 1940. The van der Waals surface area contributed by atoms with Crippen molar-refractivity contribution in [1.29, 1.82) is 0 Å². The molecule has 3 aromatic carbocycles. The molecule has 0 aliphatic carbocycles. The van der Waals surface area contributed by atoms with Crippen LogP contribution in [0.2, 0.25) is 18.1 Å². The van der Waals surface area contributed by atoms with Crippen molar-refractivity contribution in [3.63, 3.8) is 0 Å².